The van der Waals surface area contributed by atoms with Crippen molar-refractivity contribution >= 4 is 174 Å². The lowest BCUT2D eigenvalue weighted by molar-refractivity contribution is -0.137. The van der Waals surface area contributed by atoms with Crippen LogP contribution in [0.2, 0.25) is 35.2 Å². The third-order valence-corrected chi connectivity index (χ3v) is 16.9. The molecule has 135 heavy (non-hydrogen) atoms. The number of carboxylic acids is 1. The summed E-state index contributed by atoms with van der Waals surface area (Å²) in [4.78, 5) is 42.6. The van der Waals surface area contributed by atoms with Crippen LogP contribution in [0.3, 0.4) is 0 Å². The number of amidine groups is 2. The Kier molecular flexibility index (Phi) is 65.3. The second-order valence-electron chi connectivity index (χ2n) is 24.0. The Bertz CT molecular complexity index is 6820. The van der Waals surface area contributed by atoms with Gasteiger partial charge in [-0.15, -0.1) is 34.1 Å². The number of nitrogens with two attached hydrogens (primary N) is 2. The number of fused-ring (bicyclic) bond motifs is 3. The summed E-state index contributed by atoms with van der Waals surface area (Å²) in [6.45, 7) is 17.9. The first-order valence-electron chi connectivity index (χ1n) is 36.9. The zero-order chi connectivity index (χ0) is 100. The van der Waals surface area contributed by atoms with Crippen LogP contribution in [0.4, 0.5) is 23.3 Å². The van der Waals surface area contributed by atoms with Gasteiger partial charge in [-0.2, -0.15) is 84.8 Å². The molecule has 0 spiro atoms. The number of carbonyl (C=O) groups is 2. The lowest BCUT2D eigenvalue weighted by Gasteiger charge is -2.04. The normalized spacial score (nSPS) is 9.13. The largest absolute Gasteiger partial charge is 0.481 e. The molecule has 0 amide bonds. The zero-order valence-corrected chi connectivity index (χ0v) is 78.8. The number of H-pyrrole nitrogens is 7. The van der Waals surface area contributed by atoms with E-state index in [9.17, 15) is 9.59 Å². The van der Waals surface area contributed by atoms with Crippen LogP contribution in [0.5, 0.6) is 0 Å². The zero-order valence-electron chi connectivity index (χ0n) is 71.9. The van der Waals surface area contributed by atoms with Crippen LogP contribution in [0.1, 0.15) is 181 Å². The van der Waals surface area contributed by atoms with Crippen molar-refractivity contribution in [2.75, 3.05) is 11.1 Å². The summed E-state index contributed by atoms with van der Waals surface area (Å²) in [5.41, 5.74) is 20.6. The number of carbonyl (C=O) groups excluding carboxylic acids is 1. The van der Waals surface area contributed by atoms with E-state index in [0.29, 0.717) is 181 Å². The second-order valence-corrected chi connectivity index (χ2v) is 27.5. The van der Waals surface area contributed by atoms with Crippen molar-refractivity contribution in [3.63, 3.8) is 0 Å². The van der Waals surface area contributed by atoms with E-state index in [2.05, 4.69) is 209 Å². The maximum Gasteiger partial charge on any atom is 0.394 e. The highest BCUT2D eigenvalue weighted by Crippen LogP contribution is 2.28. The molecule has 10 aromatic rings. The number of hydroxylamine groups is 1. The van der Waals surface area contributed by atoms with Crippen LogP contribution in [-0.2, 0) is 44.0 Å². The van der Waals surface area contributed by atoms with Crippen LogP contribution in [-0.4, -0.2) is 158 Å². The Hall–Kier alpha value is -16.1. The number of aromatic nitrogens is 20. The summed E-state index contributed by atoms with van der Waals surface area (Å²) in [6, 6.07) is 15.4. The van der Waals surface area contributed by atoms with Gasteiger partial charge in [0, 0.05) is 163 Å². The number of nitrogens with zero attached hydrogens (tertiary/aromatic N) is 23. The molecule has 0 unspecified atom stereocenters. The third-order valence-electron chi connectivity index (χ3n) is 13.7. The van der Waals surface area contributed by atoms with Gasteiger partial charge in [-0.3, -0.25) is 65.1 Å². The Morgan fingerprint density at radius 2 is 0.881 bits per heavy atom. The van der Waals surface area contributed by atoms with E-state index in [1.165, 1.54) is 27.0 Å². The molecule has 0 bridgehead atoms. The molecule has 0 atom stereocenters. The number of aromatic amines is 7. The first kappa shape index (κ1) is 123. The summed E-state index contributed by atoms with van der Waals surface area (Å²) in [7, 11) is -4.67. The Morgan fingerprint density at radius 3 is 1.21 bits per heavy atom. The van der Waals surface area contributed by atoms with Gasteiger partial charge in [-0.25, -0.2) is 24.9 Å². The van der Waals surface area contributed by atoms with Crippen molar-refractivity contribution in [1.29, 1.82) is 47.5 Å². The number of aliphatic carboxylic acids is 1. The van der Waals surface area contributed by atoms with Crippen molar-refractivity contribution in [3.05, 3.63) is 105 Å². The molecule has 53 heteroatoms. The quantitative estimate of drug-likeness (QED) is 0.00604. The van der Waals surface area contributed by atoms with Gasteiger partial charge in [0.25, 0.3) is 0 Å². The predicted octanol–water partition coefficient (Wildman–Crippen LogP) is 17.6. The number of nitrogen functional groups attached to an aromatic ring is 1. The van der Waals surface area contributed by atoms with E-state index in [1.54, 1.807) is 19.9 Å². The number of unbranched alkanes of at least 4 members (excludes halogenated alkanes) is 2. The molecule has 0 saturated carbocycles. The van der Waals surface area contributed by atoms with Crippen LogP contribution < -0.4 is 22.3 Å². The molecule has 0 aliphatic carbocycles. The van der Waals surface area contributed by atoms with Crippen LogP contribution >= 0.6 is 93.6 Å². The highest BCUT2D eigenvalue weighted by atomic mass is 35.5. The minimum absolute atomic E-state index is 0. The number of hydrogen-bond donors (Lipinski definition) is 16. The molecule has 738 valence electrons. The molecule has 0 saturated heterocycles. The Balaban J connectivity index is -0.0000000681. The van der Waals surface area contributed by atoms with Crippen LogP contribution in [0.25, 0.3) is 16.9 Å². The lowest BCUT2D eigenvalue weighted by Crippen LogP contribution is -2.18. The van der Waals surface area contributed by atoms with Gasteiger partial charge in [-0.1, -0.05) is 95.2 Å². The average Bonchev–Trinajstić information content (AvgIpc) is 1.65. The van der Waals surface area contributed by atoms with E-state index in [4.69, 9.17) is 179 Å². The molecule has 0 radical (unpaired) electrons. The number of nitrogens with one attached hydrogen (secondary N) is 10. The molecule has 0 aliphatic rings. The van der Waals surface area contributed by atoms with Gasteiger partial charge < -0.3 is 32.0 Å². The molecule has 0 aliphatic heterocycles. The molecular weight excluding hydrogens is 1930 g/mol. The maximum absolute atomic E-state index is 11.7. The maximum atomic E-state index is 11.7. The SMILES string of the molecule is C.C#CC#CC#CC#CC#CC#CC#CC#CC#COC(=O)CCc1nc2c(Cl)c(C)[nH]n2n1.C=C(CCC#N)Nc1n[nH]c(C)c1Cl.CC#N.Cc1[nH]n2nc(CCC#N)nc2c1Cl.Cc1[nH]n2nc(CCC(=O)O)nc2c1Cl.Cc1[nH]nc(N)c1Cl.Cc1[nH]nc(N=C(CCC#N)NO)c1Cl.Cc1[nH]nc(N=C(N)CCC#N)c1Cl.Cl.N#CCCC#N.N#CCCC=N.O=S(=O)(O)O.[HH].[HH].[HH].[HH].[HH].[HH].[HH].[HH].[HH].[HH].[HH].[HH].[HH].[HH].[HH].[HH].[HH].[HH]. The van der Waals surface area contributed by atoms with E-state index >= 15 is 0 Å². The van der Waals surface area contributed by atoms with Crippen molar-refractivity contribution in [1.82, 2.24) is 106 Å². The molecule has 44 nitrogen and oxygen atoms in total. The first-order chi connectivity index (χ1) is 63.3. The van der Waals surface area contributed by atoms with E-state index in [-0.39, 0.29) is 77.0 Å². The van der Waals surface area contributed by atoms with E-state index < -0.39 is 22.3 Å². The average molecular weight is 2050 g/mol. The highest BCUT2D eigenvalue weighted by molar-refractivity contribution is 7.79. The van der Waals surface area contributed by atoms with Gasteiger partial charge in [0.15, 0.2) is 57.7 Å². The second kappa shape index (κ2) is 71.7. The first-order valence-corrected chi connectivity index (χ1v) is 41.0. The van der Waals surface area contributed by atoms with E-state index in [0.717, 1.165) is 39.9 Å². The Morgan fingerprint density at radius 1 is 0.526 bits per heavy atom. The monoisotopic (exact) mass is 2050 g/mol. The molecule has 0 aromatic carbocycles. The van der Waals surface area contributed by atoms with Gasteiger partial charge in [0.2, 0.25) is 0 Å². The van der Waals surface area contributed by atoms with Gasteiger partial charge >= 0.3 is 22.3 Å². The fourth-order valence-corrected chi connectivity index (χ4v) is 8.72. The predicted molar refractivity (Wildman–Crippen MR) is 547 cm³/mol. The number of aryl methyl sites for hydroxylation is 10. The van der Waals surface area contributed by atoms with Crippen molar-refractivity contribution in [2.24, 2.45) is 15.7 Å². The molecule has 10 aromatic heterocycles. The Labute approximate surface area is 843 Å². The topological polar surface area (TPSA) is 726 Å². The number of ether oxygens (including phenoxy) is 1. The fourth-order valence-electron chi connectivity index (χ4n) is 7.76. The highest BCUT2D eigenvalue weighted by Gasteiger charge is 2.17. The summed E-state index contributed by atoms with van der Waals surface area (Å²) in [5, 5.41) is 142. The summed E-state index contributed by atoms with van der Waals surface area (Å²) in [6.07, 6.45) is 14.2. The molecular formula is C82H119Cl8N35O9S. The standard InChI is InChI=1S/C26H9ClN4O2.C9H11ClN4.C8H10ClN5O.C8H8ClN5.C8H10ClN5.C8H9ClN4O2.C4H6ClN3.C4H6N2.C4H4N2.C2H3N.CH4.ClH.H2O4S.18H2/c1-3-4-5-6-7-8-9-10-11-12-13-14-15-16-17-18-21-33-24(32)20-19-23-28-26-25(27)22(2)29-31(26)30-23;1-6(4-3-5-11)12-9-8(10)7(2)13-14-9;1-5-7(9)8(13-12-5)11-6(14-15)3-2-4-10;1-5-7(9)8-11-6(3-2-4-10)13-14(8)12-5;1-5-7(9)8(14-13-5)12-6(11)3-2-4-10;1-4-7(9)8-10-5(2-3-6(14)15)12-13(8)11-4;1-2-3(5)4(6)8-7-2;2*5-3-1-2-4-6;1-2-3;;;1-5(2,3)4;;;;;;;;;;;;;;;;;;/h1,29H,19-20H2,2H3;1,3-4H2,2H3,(H2,12,13,14);15H,2-3H2,1H3,(H2,11,12,13,14);12H,2-3H2,1H3;2-3H2,1H3,(H3,11,12,13,14);11H,2-3H2,1H3,(H,14,15);1H3,(H3,6,7,8);3,5H,1-2H2;1-2H2;1H3;1H4;1H;(H2,1,2,3,4);18*1H. The third kappa shape index (κ3) is 53.0. The summed E-state index contributed by atoms with van der Waals surface area (Å²) in [5.74, 6) is 41.0. The molecule has 10 rings (SSSR count). The van der Waals surface area contributed by atoms with Crippen molar-refractivity contribution < 1.29 is 67.8 Å². The number of nitriles is 8. The number of anilines is 2. The minimum Gasteiger partial charge on any atom is -0.481 e. The lowest BCUT2D eigenvalue weighted by atomic mass is 10.3. The van der Waals surface area contributed by atoms with Gasteiger partial charge in [-0.05, 0) is 115 Å². The number of aliphatic imine (C=N–C) groups is 2. The minimum atomic E-state index is -4.67. The number of halogens is 8. The van der Waals surface area contributed by atoms with E-state index in [1.807, 2.05) is 82.6 Å². The molecule has 0 fully saturated rings. The number of rotatable bonds is 21. The molecule has 10 heterocycles. The number of carboxylic acid groups (broad SMARTS) is 1. The number of esters is 1. The van der Waals surface area contributed by atoms with Gasteiger partial charge in [0.1, 0.15) is 52.9 Å². The smallest absolute Gasteiger partial charge is 0.394 e. The van der Waals surface area contributed by atoms with Crippen molar-refractivity contribution in [3.8, 4) is 156 Å². The summed E-state index contributed by atoms with van der Waals surface area (Å²) >= 11 is 41.2. The summed E-state index contributed by atoms with van der Waals surface area (Å²) < 4.78 is 40.8. The fraction of sp³-hybridized carbons (Fsp3) is 0.305. The number of hydrogen-bond acceptors (Lipinski definition) is 29. The number of terminal acetylenes is 1. The van der Waals surface area contributed by atoms with Crippen LogP contribution in [0.15, 0.2) is 22.3 Å². The molecule has 18 N–H and O–H groups in total. The van der Waals surface area contributed by atoms with Crippen molar-refractivity contribution in [2.45, 2.75) is 166 Å². The number of allylic oxidation sites excluding steroid dienone is 1. The van der Waals surface area contributed by atoms with Crippen LogP contribution in [0, 0.1) is 252 Å². The van der Waals surface area contributed by atoms with Gasteiger partial charge in [0.05, 0.1) is 101 Å².